The van der Waals surface area contributed by atoms with Crippen LogP contribution >= 0.6 is 11.3 Å². The van der Waals surface area contributed by atoms with Gasteiger partial charge in [-0.05, 0) is 44.9 Å². The zero-order valence-corrected chi connectivity index (χ0v) is 13.3. The van der Waals surface area contributed by atoms with E-state index < -0.39 is 0 Å². The van der Waals surface area contributed by atoms with Gasteiger partial charge in [0.05, 0.1) is 6.04 Å². The Balaban J connectivity index is 2.75. The summed E-state index contributed by atoms with van der Waals surface area (Å²) in [5.41, 5.74) is 5.99. The standard InChI is InChI=1S/C15H28N2S/c1-6-13-7-8-15(18-13)14(10-16)17(5)12(4)9-11(2)3/h7-8,11-12,14H,6,9-10,16H2,1-5H3. The zero-order valence-electron chi connectivity index (χ0n) is 12.4. The molecule has 3 heteroatoms. The quantitative estimate of drug-likeness (QED) is 0.817. The highest BCUT2D eigenvalue weighted by molar-refractivity contribution is 7.12. The number of rotatable bonds is 7. The van der Waals surface area contributed by atoms with Crippen molar-refractivity contribution in [3.8, 4) is 0 Å². The summed E-state index contributed by atoms with van der Waals surface area (Å²) in [5, 5.41) is 0. The third-order valence-corrected chi connectivity index (χ3v) is 4.91. The number of aryl methyl sites for hydroxylation is 1. The highest BCUT2D eigenvalue weighted by atomic mass is 32.1. The van der Waals surface area contributed by atoms with Crippen molar-refractivity contribution in [3.05, 3.63) is 21.9 Å². The molecular weight excluding hydrogens is 240 g/mol. The Morgan fingerprint density at radius 2 is 1.94 bits per heavy atom. The fourth-order valence-corrected chi connectivity index (χ4v) is 3.52. The maximum absolute atomic E-state index is 5.99. The summed E-state index contributed by atoms with van der Waals surface area (Å²) in [4.78, 5) is 5.30. The van der Waals surface area contributed by atoms with Crippen LogP contribution < -0.4 is 5.73 Å². The molecule has 0 saturated carbocycles. The summed E-state index contributed by atoms with van der Waals surface area (Å²) in [7, 11) is 2.20. The molecule has 0 amide bonds. The van der Waals surface area contributed by atoms with Crippen LogP contribution in [0.15, 0.2) is 12.1 Å². The molecule has 1 aromatic heterocycles. The number of likely N-dealkylation sites (N-methyl/N-ethyl adjacent to an activating group) is 1. The average Bonchev–Trinajstić information content (AvgIpc) is 2.77. The van der Waals surface area contributed by atoms with Crippen molar-refractivity contribution < 1.29 is 0 Å². The molecule has 104 valence electrons. The summed E-state index contributed by atoms with van der Waals surface area (Å²) in [6.07, 6.45) is 2.34. The first-order valence-corrected chi connectivity index (χ1v) is 7.81. The molecule has 2 unspecified atom stereocenters. The van der Waals surface area contributed by atoms with E-state index in [0.29, 0.717) is 18.6 Å². The summed E-state index contributed by atoms with van der Waals surface area (Å²) in [6, 6.07) is 5.43. The molecular formula is C15H28N2S. The number of hydrogen-bond acceptors (Lipinski definition) is 3. The smallest absolute Gasteiger partial charge is 0.0564 e. The summed E-state index contributed by atoms with van der Waals surface area (Å²) < 4.78 is 0. The molecule has 0 spiro atoms. The molecule has 0 bridgehead atoms. The second-order valence-corrected chi connectivity index (χ2v) is 6.75. The SMILES string of the molecule is CCc1ccc(C(CN)N(C)C(C)CC(C)C)s1. The van der Waals surface area contributed by atoms with Crippen LogP contribution in [0.4, 0.5) is 0 Å². The van der Waals surface area contributed by atoms with E-state index >= 15 is 0 Å². The van der Waals surface area contributed by atoms with Crippen LogP contribution in [-0.4, -0.2) is 24.5 Å². The van der Waals surface area contributed by atoms with Gasteiger partial charge in [-0.15, -0.1) is 11.3 Å². The minimum Gasteiger partial charge on any atom is -0.329 e. The van der Waals surface area contributed by atoms with E-state index in [1.165, 1.54) is 16.2 Å². The van der Waals surface area contributed by atoms with Gasteiger partial charge >= 0.3 is 0 Å². The first-order chi connectivity index (χ1) is 8.49. The molecule has 0 aliphatic carbocycles. The van der Waals surface area contributed by atoms with Crippen LogP contribution in [0.5, 0.6) is 0 Å². The van der Waals surface area contributed by atoms with Gasteiger partial charge < -0.3 is 5.73 Å². The normalized spacial score (nSPS) is 15.3. The van der Waals surface area contributed by atoms with E-state index in [1.54, 1.807) is 0 Å². The van der Waals surface area contributed by atoms with Crippen molar-refractivity contribution in [3.63, 3.8) is 0 Å². The van der Waals surface area contributed by atoms with Crippen LogP contribution in [0.2, 0.25) is 0 Å². The van der Waals surface area contributed by atoms with E-state index in [9.17, 15) is 0 Å². The monoisotopic (exact) mass is 268 g/mol. The largest absolute Gasteiger partial charge is 0.329 e. The van der Waals surface area contributed by atoms with Crippen molar-refractivity contribution in [2.75, 3.05) is 13.6 Å². The summed E-state index contributed by atoms with van der Waals surface area (Å²) in [6.45, 7) is 9.77. The Labute approximate surface area is 116 Å². The molecule has 2 atom stereocenters. The third kappa shape index (κ3) is 4.08. The average molecular weight is 268 g/mol. The summed E-state index contributed by atoms with van der Waals surface area (Å²) in [5.74, 6) is 0.732. The molecule has 0 aliphatic rings. The van der Waals surface area contributed by atoms with Crippen molar-refractivity contribution in [2.45, 2.75) is 52.6 Å². The van der Waals surface area contributed by atoms with Crippen LogP contribution in [0.25, 0.3) is 0 Å². The van der Waals surface area contributed by atoms with Gasteiger partial charge in [0.2, 0.25) is 0 Å². The predicted molar refractivity (Wildman–Crippen MR) is 82.2 cm³/mol. The topological polar surface area (TPSA) is 29.3 Å². The zero-order chi connectivity index (χ0) is 13.7. The van der Waals surface area contributed by atoms with Crippen molar-refractivity contribution >= 4 is 11.3 Å². The first-order valence-electron chi connectivity index (χ1n) is 7.00. The predicted octanol–water partition coefficient (Wildman–Crippen LogP) is 3.68. The highest BCUT2D eigenvalue weighted by Gasteiger charge is 2.22. The van der Waals surface area contributed by atoms with Crippen molar-refractivity contribution in [1.82, 2.24) is 4.90 Å². The van der Waals surface area contributed by atoms with Gasteiger partial charge in [-0.2, -0.15) is 0 Å². The summed E-state index contributed by atoms with van der Waals surface area (Å²) >= 11 is 1.91. The number of nitrogens with two attached hydrogens (primary N) is 1. The van der Waals surface area contributed by atoms with Gasteiger partial charge in [0.15, 0.2) is 0 Å². The van der Waals surface area contributed by atoms with Gasteiger partial charge in [0, 0.05) is 22.3 Å². The molecule has 0 fully saturated rings. The lowest BCUT2D eigenvalue weighted by atomic mass is 10.0. The fourth-order valence-electron chi connectivity index (χ4n) is 2.40. The highest BCUT2D eigenvalue weighted by Crippen LogP contribution is 2.29. The van der Waals surface area contributed by atoms with E-state index in [-0.39, 0.29) is 0 Å². The maximum atomic E-state index is 5.99. The molecule has 0 radical (unpaired) electrons. The van der Waals surface area contributed by atoms with Gasteiger partial charge in [-0.25, -0.2) is 0 Å². The van der Waals surface area contributed by atoms with E-state index in [1.807, 2.05) is 11.3 Å². The molecule has 0 saturated heterocycles. The number of hydrogen-bond donors (Lipinski definition) is 1. The molecule has 1 aromatic rings. The lowest BCUT2D eigenvalue weighted by Crippen LogP contribution is -2.37. The van der Waals surface area contributed by atoms with Crippen LogP contribution in [0.3, 0.4) is 0 Å². The molecule has 2 nitrogen and oxygen atoms in total. The lowest BCUT2D eigenvalue weighted by molar-refractivity contribution is 0.171. The molecule has 1 rings (SSSR count). The van der Waals surface area contributed by atoms with E-state index in [0.717, 1.165) is 12.3 Å². The first kappa shape index (κ1) is 15.7. The van der Waals surface area contributed by atoms with Gasteiger partial charge in [-0.1, -0.05) is 20.8 Å². The van der Waals surface area contributed by atoms with Crippen molar-refractivity contribution in [2.24, 2.45) is 11.7 Å². The number of nitrogens with zero attached hydrogens (tertiary/aromatic N) is 1. The Hall–Kier alpha value is -0.380. The van der Waals surface area contributed by atoms with E-state index in [2.05, 4.69) is 51.8 Å². The lowest BCUT2D eigenvalue weighted by Gasteiger charge is -2.32. The molecule has 18 heavy (non-hydrogen) atoms. The molecule has 2 N–H and O–H groups in total. The maximum Gasteiger partial charge on any atom is 0.0564 e. The minimum atomic E-state index is 0.365. The van der Waals surface area contributed by atoms with Gasteiger partial charge in [0.1, 0.15) is 0 Å². The van der Waals surface area contributed by atoms with Crippen LogP contribution in [0, 0.1) is 5.92 Å². The second kappa shape index (κ2) is 7.27. The molecule has 0 aliphatic heterocycles. The molecule has 0 aromatic carbocycles. The van der Waals surface area contributed by atoms with Gasteiger partial charge in [-0.3, -0.25) is 4.90 Å². The Morgan fingerprint density at radius 3 is 2.39 bits per heavy atom. The Kier molecular flexibility index (Phi) is 6.33. The fraction of sp³-hybridized carbons (Fsp3) is 0.733. The van der Waals surface area contributed by atoms with Crippen LogP contribution in [0.1, 0.15) is 49.9 Å². The second-order valence-electron chi connectivity index (χ2n) is 5.55. The Morgan fingerprint density at radius 1 is 1.28 bits per heavy atom. The van der Waals surface area contributed by atoms with Crippen molar-refractivity contribution in [1.29, 1.82) is 0 Å². The molecule has 1 heterocycles. The van der Waals surface area contributed by atoms with E-state index in [4.69, 9.17) is 5.73 Å². The number of thiophene rings is 1. The van der Waals surface area contributed by atoms with Gasteiger partial charge in [0.25, 0.3) is 0 Å². The minimum absolute atomic E-state index is 0.365. The Bertz CT molecular complexity index is 346. The third-order valence-electron chi connectivity index (χ3n) is 3.58. The van der Waals surface area contributed by atoms with Crippen LogP contribution in [-0.2, 0) is 6.42 Å².